The molecule has 0 spiro atoms. The Morgan fingerprint density at radius 1 is 0.759 bits per heavy atom. The van der Waals surface area contributed by atoms with E-state index < -0.39 is 37.6 Å². The van der Waals surface area contributed by atoms with Crippen molar-refractivity contribution >= 4 is 17.1 Å². The third-order valence-corrected chi connectivity index (χ3v) is 3.29. The van der Waals surface area contributed by atoms with E-state index in [1.54, 1.807) is 12.4 Å². The van der Waals surface area contributed by atoms with Gasteiger partial charge in [-0.15, -0.1) is 0 Å². The van der Waals surface area contributed by atoms with Gasteiger partial charge in [-0.3, -0.25) is 35.3 Å². The number of hydrogen-bond donors (Lipinski definition) is 1. The van der Waals surface area contributed by atoms with E-state index in [4.69, 9.17) is 9.84 Å². The summed E-state index contributed by atoms with van der Waals surface area (Å²) in [5.74, 6) is 0.440. The van der Waals surface area contributed by atoms with Gasteiger partial charge in [0.25, 0.3) is 11.4 Å². The monoisotopic (exact) mass is 400 g/mol. The van der Waals surface area contributed by atoms with Gasteiger partial charge < -0.3 is 9.84 Å². The molecule has 0 radical (unpaired) electrons. The predicted octanol–water partition coefficient (Wildman–Crippen LogP) is 3.99. The molecule has 2 aromatic carbocycles. The van der Waals surface area contributed by atoms with Crippen LogP contribution in [0.1, 0.15) is 0 Å². The first kappa shape index (κ1) is 20.7. The summed E-state index contributed by atoms with van der Waals surface area (Å²) < 4.78 is 5.54. The molecule has 1 heterocycles. The van der Waals surface area contributed by atoms with Crippen LogP contribution in [0, 0.1) is 30.3 Å². The fourth-order valence-corrected chi connectivity index (χ4v) is 2.00. The van der Waals surface area contributed by atoms with E-state index in [1.807, 2.05) is 42.5 Å². The molecule has 3 rings (SSSR count). The highest BCUT2D eigenvalue weighted by Crippen LogP contribution is 2.38. The van der Waals surface area contributed by atoms with Crippen LogP contribution in [0.25, 0.3) is 0 Å². The number of aromatic nitrogens is 1. The number of nitro groups is 3. The molecule has 12 heteroatoms. The quantitative estimate of drug-likeness (QED) is 0.490. The largest absolute Gasteiger partial charge is 0.497 e. The smallest absolute Gasteiger partial charge is 0.324 e. The van der Waals surface area contributed by atoms with Crippen molar-refractivity contribution in [1.82, 2.24) is 4.98 Å². The first-order valence-electron chi connectivity index (χ1n) is 7.72. The topological polar surface area (TPSA) is 172 Å². The summed E-state index contributed by atoms with van der Waals surface area (Å²) in [5.41, 5.74) is -3.00. The van der Waals surface area contributed by atoms with Gasteiger partial charge in [-0.05, 0) is 24.3 Å². The zero-order valence-electron chi connectivity index (χ0n) is 14.4. The Morgan fingerprint density at radius 2 is 1.24 bits per heavy atom. The van der Waals surface area contributed by atoms with Crippen molar-refractivity contribution in [3.05, 3.63) is 97.3 Å². The van der Waals surface area contributed by atoms with Crippen LogP contribution in [-0.4, -0.2) is 24.9 Å². The minimum absolute atomic E-state index is 0.447. The van der Waals surface area contributed by atoms with Crippen molar-refractivity contribution in [3.63, 3.8) is 0 Å². The van der Waals surface area contributed by atoms with Crippen molar-refractivity contribution < 1.29 is 24.6 Å². The molecular weight excluding hydrogens is 388 g/mol. The Labute approximate surface area is 162 Å². The van der Waals surface area contributed by atoms with Gasteiger partial charge >= 0.3 is 11.4 Å². The maximum atomic E-state index is 10.4. The Bertz CT molecular complexity index is 956. The summed E-state index contributed by atoms with van der Waals surface area (Å²) in [6.07, 6.45) is 3.41. The first-order chi connectivity index (χ1) is 13.8. The lowest BCUT2D eigenvalue weighted by Crippen LogP contribution is -1.97. The number of pyridine rings is 1. The first-order valence-corrected chi connectivity index (χ1v) is 7.72. The minimum Gasteiger partial charge on any atom is -0.497 e. The number of nitro benzene ring substituents is 3. The number of aromatic hydroxyl groups is 1. The number of phenols is 1. The second-order valence-corrected chi connectivity index (χ2v) is 5.20. The maximum Gasteiger partial charge on any atom is 0.324 e. The van der Waals surface area contributed by atoms with Crippen molar-refractivity contribution in [3.8, 4) is 17.2 Å². The molecular formula is C17H12N4O8. The van der Waals surface area contributed by atoms with E-state index in [0.29, 0.717) is 12.1 Å². The van der Waals surface area contributed by atoms with E-state index in [9.17, 15) is 30.3 Å². The minimum atomic E-state index is -1.21. The van der Waals surface area contributed by atoms with Gasteiger partial charge in [0.05, 0.1) is 26.9 Å². The third-order valence-electron chi connectivity index (χ3n) is 3.29. The van der Waals surface area contributed by atoms with Gasteiger partial charge in [-0.25, -0.2) is 0 Å². The SMILES string of the molecule is O=[N+]([O-])c1cc([N+](=O)[O-])c(O)c([N+](=O)[O-])c1.c1ccc(Oc2ccncc2)cc1. The molecule has 0 atom stereocenters. The van der Waals surface area contributed by atoms with Crippen LogP contribution in [-0.2, 0) is 0 Å². The molecule has 1 aromatic heterocycles. The van der Waals surface area contributed by atoms with E-state index in [0.717, 1.165) is 11.5 Å². The molecule has 29 heavy (non-hydrogen) atoms. The Hall–Kier alpha value is -4.61. The number of rotatable bonds is 5. The second-order valence-electron chi connectivity index (χ2n) is 5.20. The summed E-state index contributed by atoms with van der Waals surface area (Å²) in [7, 11) is 0. The molecule has 0 amide bonds. The molecule has 0 fully saturated rings. The predicted molar refractivity (Wildman–Crippen MR) is 98.8 cm³/mol. The number of hydrogen-bond acceptors (Lipinski definition) is 9. The van der Waals surface area contributed by atoms with Crippen LogP contribution >= 0.6 is 0 Å². The molecule has 12 nitrogen and oxygen atoms in total. The van der Waals surface area contributed by atoms with Gasteiger partial charge in [-0.2, -0.15) is 0 Å². The number of nitrogens with zero attached hydrogens (tertiary/aromatic N) is 4. The van der Waals surface area contributed by atoms with Crippen LogP contribution in [0.4, 0.5) is 17.1 Å². The van der Waals surface area contributed by atoms with E-state index in [1.165, 1.54) is 0 Å². The lowest BCUT2D eigenvalue weighted by molar-refractivity contribution is -0.404. The molecule has 0 aliphatic carbocycles. The number of benzene rings is 2. The molecule has 0 aliphatic heterocycles. The van der Waals surface area contributed by atoms with Crippen LogP contribution in [0.5, 0.6) is 17.2 Å². The van der Waals surface area contributed by atoms with Crippen molar-refractivity contribution in [1.29, 1.82) is 0 Å². The number of phenolic OH excluding ortho intramolecular Hbond substituents is 1. The van der Waals surface area contributed by atoms with Crippen molar-refractivity contribution in [2.45, 2.75) is 0 Å². The van der Waals surface area contributed by atoms with E-state index >= 15 is 0 Å². The number of non-ortho nitro benzene ring substituents is 1. The normalized spacial score (nSPS) is 9.66. The highest BCUT2D eigenvalue weighted by molar-refractivity contribution is 5.64. The van der Waals surface area contributed by atoms with Crippen LogP contribution < -0.4 is 4.74 Å². The zero-order chi connectivity index (χ0) is 21.4. The summed E-state index contributed by atoms with van der Waals surface area (Å²) >= 11 is 0. The van der Waals surface area contributed by atoms with Gasteiger partial charge in [-0.1, -0.05) is 18.2 Å². The average Bonchev–Trinajstić information content (AvgIpc) is 2.69. The van der Waals surface area contributed by atoms with Crippen molar-refractivity contribution in [2.24, 2.45) is 0 Å². The molecule has 3 aromatic rings. The standard InChI is InChI=1S/C11H9NO.C6H3N3O7/c1-2-4-10(5-3-1)13-11-6-8-12-9-7-11;10-6-4(8(13)14)1-3(7(11)12)2-5(6)9(15)16/h1-9H;1-2,10H. The molecule has 1 N–H and O–H groups in total. The summed E-state index contributed by atoms with van der Waals surface area (Å²) in [6, 6.07) is 14.2. The molecule has 0 saturated heterocycles. The fourth-order valence-electron chi connectivity index (χ4n) is 2.00. The van der Waals surface area contributed by atoms with Crippen LogP contribution in [0.15, 0.2) is 67.0 Å². The van der Waals surface area contributed by atoms with Crippen molar-refractivity contribution in [2.75, 3.05) is 0 Å². The summed E-state index contributed by atoms with van der Waals surface area (Å²) in [5, 5.41) is 40.2. The Kier molecular flexibility index (Phi) is 6.68. The summed E-state index contributed by atoms with van der Waals surface area (Å²) in [4.78, 5) is 31.7. The second kappa shape index (κ2) is 9.36. The molecule has 0 unspecified atom stereocenters. The Balaban J connectivity index is 0.000000211. The van der Waals surface area contributed by atoms with Crippen LogP contribution in [0.2, 0.25) is 0 Å². The van der Waals surface area contributed by atoms with Gasteiger partial charge in [0.15, 0.2) is 0 Å². The summed E-state index contributed by atoms with van der Waals surface area (Å²) in [6.45, 7) is 0. The zero-order valence-corrected chi connectivity index (χ0v) is 14.4. The lowest BCUT2D eigenvalue weighted by Gasteiger charge is -2.03. The molecule has 0 saturated carbocycles. The highest BCUT2D eigenvalue weighted by atomic mass is 16.6. The maximum absolute atomic E-state index is 10.4. The molecule has 0 aliphatic rings. The number of para-hydroxylation sites is 1. The van der Waals surface area contributed by atoms with Crippen LogP contribution in [0.3, 0.4) is 0 Å². The van der Waals surface area contributed by atoms with E-state index in [2.05, 4.69) is 4.98 Å². The van der Waals surface area contributed by atoms with E-state index in [-0.39, 0.29) is 0 Å². The lowest BCUT2D eigenvalue weighted by atomic mass is 10.2. The Morgan fingerprint density at radius 3 is 1.69 bits per heavy atom. The van der Waals surface area contributed by atoms with Gasteiger partial charge in [0.2, 0.25) is 0 Å². The molecule has 0 bridgehead atoms. The number of ether oxygens (including phenoxy) is 1. The average molecular weight is 400 g/mol. The third kappa shape index (κ3) is 5.68. The van der Waals surface area contributed by atoms with Gasteiger partial charge in [0, 0.05) is 12.4 Å². The molecule has 148 valence electrons. The van der Waals surface area contributed by atoms with Gasteiger partial charge in [0.1, 0.15) is 11.5 Å². The fraction of sp³-hybridized carbons (Fsp3) is 0. The highest BCUT2D eigenvalue weighted by Gasteiger charge is 2.30.